The van der Waals surface area contributed by atoms with E-state index in [1.807, 2.05) is 92.7 Å². The van der Waals surface area contributed by atoms with E-state index in [0.29, 0.717) is 30.2 Å². The molecule has 36 heavy (non-hydrogen) atoms. The van der Waals surface area contributed by atoms with Crippen LogP contribution >= 0.6 is 39.3 Å². The van der Waals surface area contributed by atoms with Gasteiger partial charge in [0.05, 0.1) is 0 Å². The molecular weight excluding hydrogens is 556 g/mol. The Morgan fingerprint density at radius 2 is 1.69 bits per heavy atom. The first-order chi connectivity index (χ1) is 17.4. The Balaban J connectivity index is 1.85. The molecular formula is C29H32BrClN2O2S. The van der Waals surface area contributed by atoms with Crippen LogP contribution in [0.2, 0.25) is 5.02 Å². The lowest BCUT2D eigenvalue weighted by atomic mass is 10.0. The van der Waals surface area contributed by atoms with E-state index in [4.69, 9.17) is 11.6 Å². The highest BCUT2D eigenvalue weighted by atomic mass is 79.9. The van der Waals surface area contributed by atoms with Crippen molar-refractivity contribution in [1.29, 1.82) is 0 Å². The molecule has 1 N–H and O–H groups in total. The number of benzene rings is 3. The van der Waals surface area contributed by atoms with Crippen LogP contribution in [-0.4, -0.2) is 34.6 Å². The van der Waals surface area contributed by atoms with Crippen LogP contribution in [0, 0.1) is 0 Å². The number of hydrogen-bond acceptors (Lipinski definition) is 3. The van der Waals surface area contributed by atoms with Gasteiger partial charge in [0.25, 0.3) is 0 Å². The molecule has 0 bridgehead atoms. The first-order valence-corrected chi connectivity index (χ1v) is 14.3. The fraction of sp³-hybridized carbons (Fsp3) is 0.310. The van der Waals surface area contributed by atoms with Crippen LogP contribution in [0.15, 0.2) is 88.2 Å². The second-order valence-corrected chi connectivity index (χ2v) is 11.2. The van der Waals surface area contributed by atoms with Crippen molar-refractivity contribution in [2.24, 2.45) is 0 Å². The zero-order valence-corrected chi connectivity index (χ0v) is 23.8. The van der Waals surface area contributed by atoms with Gasteiger partial charge in [-0.1, -0.05) is 76.9 Å². The number of carbonyl (C=O) groups is 2. The molecule has 3 rings (SSSR count). The molecule has 0 aliphatic heterocycles. The second kappa shape index (κ2) is 14.5. The Morgan fingerprint density at radius 1 is 1.00 bits per heavy atom. The minimum Gasteiger partial charge on any atom is -0.352 e. The van der Waals surface area contributed by atoms with Crippen LogP contribution in [0.4, 0.5) is 0 Å². The molecule has 0 saturated heterocycles. The maximum absolute atomic E-state index is 13.7. The van der Waals surface area contributed by atoms with Gasteiger partial charge >= 0.3 is 0 Å². The van der Waals surface area contributed by atoms with Crippen molar-refractivity contribution in [3.8, 4) is 0 Å². The SMILES string of the molecule is CC[C@H](C)NC(=O)[C@H](Cc1ccccc1)N(Cc1cccc(Br)c1)C(=O)CCSc1ccc(Cl)cc1. The highest BCUT2D eigenvalue weighted by Crippen LogP contribution is 2.23. The third-order valence-corrected chi connectivity index (χ3v) is 7.67. The highest BCUT2D eigenvalue weighted by molar-refractivity contribution is 9.10. The maximum Gasteiger partial charge on any atom is 0.243 e. The molecule has 0 spiro atoms. The minimum atomic E-state index is -0.617. The Labute approximate surface area is 231 Å². The van der Waals surface area contributed by atoms with Gasteiger partial charge in [0.1, 0.15) is 6.04 Å². The lowest BCUT2D eigenvalue weighted by Gasteiger charge is -2.32. The number of hydrogen-bond donors (Lipinski definition) is 1. The topological polar surface area (TPSA) is 49.4 Å². The summed E-state index contributed by atoms with van der Waals surface area (Å²) in [6, 6.07) is 24.8. The fourth-order valence-electron chi connectivity index (χ4n) is 3.76. The number of rotatable bonds is 12. The average molecular weight is 588 g/mol. The number of nitrogens with zero attached hydrogens (tertiary/aromatic N) is 1. The number of amides is 2. The summed E-state index contributed by atoms with van der Waals surface area (Å²) in [4.78, 5) is 30.0. The van der Waals surface area contributed by atoms with Gasteiger partial charge in [-0.3, -0.25) is 9.59 Å². The molecule has 0 fully saturated rings. The molecule has 3 aromatic carbocycles. The summed E-state index contributed by atoms with van der Waals surface area (Å²) < 4.78 is 0.939. The summed E-state index contributed by atoms with van der Waals surface area (Å²) in [7, 11) is 0. The van der Waals surface area contributed by atoms with Crippen molar-refractivity contribution >= 4 is 51.1 Å². The second-order valence-electron chi connectivity index (χ2n) is 8.73. The standard InChI is InChI=1S/C29H32BrClN2O2S/c1-3-21(2)32-29(35)27(19-22-8-5-4-6-9-22)33(20-23-10-7-11-24(30)18-23)28(34)16-17-36-26-14-12-25(31)13-15-26/h4-15,18,21,27H,3,16-17,19-20H2,1-2H3,(H,32,35)/t21-,27-/m0/s1. The largest absolute Gasteiger partial charge is 0.352 e. The highest BCUT2D eigenvalue weighted by Gasteiger charge is 2.30. The summed E-state index contributed by atoms with van der Waals surface area (Å²) in [5, 5.41) is 3.80. The average Bonchev–Trinajstić information content (AvgIpc) is 2.87. The van der Waals surface area contributed by atoms with Gasteiger partial charge < -0.3 is 10.2 Å². The van der Waals surface area contributed by atoms with Gasteiger partial charge in [-0.05, 0) is 60.9 Å². The molecule has 0 heterocycles. The van der Waals surface area contributed by atoms with Gasteiger partial charge in [-0.25, -0.2) is 0 Å². The summed E-state index contributed by atoms with van der Waals surface area (Å²) >= 11 is 11.1. The van der Waals surface area contributed by atoms with E-state index in [1.54, 1.807) is 16.7 Å². The van der Waals surface area contributed by atoms with Gasteiger partial charge in [0.2, 0.25) is 11.8 Å². The molecule has 7 heteroatoms. The van der Waals surface area contributed by atoms with Gasteiger partial charge in [-0.15, -0.1) is 11.8 Å². The van der Waals surface area contributed by atoms with E-state index in [0.717, 1.165) is 26.9 Å². The Kier molecular flexibility index (Phi) is 11.4. The van der Waals surface area contributed by atoms with Crippen molar-refractivity contribution in [1.82, 2.24) is 10.2 Å². The van der Waals surface area contributed by atoms with Crippen molar-refractivity contribution in [2.75, 3.05) is 5.75 Å². The lowest BCUT2D eigenvalue weighted by molar-refractivity contribution is -0.141. The van der Waals surface area contributed by atoms with Crippen LogP contribution in [0.5, 0.6) is 0 Å². The quantitative estimate of drug-likeness (QED) is 0.229. The molecule has 190 valence electrons. The zero-order valence-electron chi connectivity index (χ0n) is 20.6. The maximum atomic E-state index is 13.7. The Morgan fingerprint density at radius 3 is 2.36 bits per heavy atom. The normalized spacial score (nSPS) is 12.6. The van der Waals surface area contributed by atoms with Crippen LogP contribution in [0.1, 0.15) is 37.8 Å². The van der Waals surface area contributed by atoms with Gasteiger partial charge in [0, 0.05) is 45.6 Å². The van der Waals surface area contributed by atoms with Crippen LogP contribution in [0.25, 0.3) is 0 Å². The molecule has 3 aromatic rings. The monoisotopic (exact) mass is 586 g/mol. The zero-order chi connectivity index (χ0) is 25.9. The predicted molar refractivity (Wildman–Crippen MR) is 153 cm³/mol. The number of carbonyl (C=O) groups excluding carboxylic acids is 2. The Bertz CT molecular complexity index is 1130. The fourth-order valence-corrected chi connectivity index (χ4v) is 5.17. The van der Waals surface area contributed by atoms with E-state index >= 15 is 0 Å². The summed E-state index contributed by atoms with van der Waals surface area (Å²) in [5.74, 6) is 0.444. The van der Waals surface area contributed by atoms with Gasteiger partial charge in [0.15, 0.2) is 0 Å². The molecule has 0 aromatic heterocycles. The van der Waals surface area contributed by atoms with E-state index in [-0.39, 0.29) is 17.9 Å². The van der Waals surface area contributed by atoms with E-state index < -0.39 is 6.04 Å². The number of nitrogens with one attached hydrogen (secondary N) is 1. The third-order valence-electron chi connectivity index (χ3n) is 5.91. The van der Waals surface area contributed by atoms with Crippen molar-refractivity contribution in [3.05, 3.63) is 99.5 Å². The molecule has 0 saturated carbocycles. The van der Waals surface area contributed by atoms with Crippen molar-refractivity contribution < 1.29 is 9.59 Å². The minimum absolute atomic E-state index is 0.0269. The molecule has 2 amide bonds. The van der Waals surface area contributed by atoms with Crippen LogP contribution < -0.4 is 5.32 Å². The van der Waals surface area contributed by atoms with Crippen molar-refractivity contribution in [2.45, 2.75) is 56.6 Å². The summed E-state index contributed by atoms with van der Waals surface area (Å²) in [5.41, 5.74) is 1.99. The first kappa shape index (κ1) is 28.3. The Hall–Kier alpha value is -2.28. The molecule has 4 nitrogen and oxygen atoms in total. The smallest absolute Gasteiger partial charge is 0.243 e. The van der Waals surface area contributed by atoms with E-state index in [1.165, 1.54) is 0 Å². The van der Waals surface area contributed by atoms with E-state index in [9.17, 15) is 9.59 Å². The number of halogens is 2. The molecule has 0 aliphatic carbocycles. The van der Waals surface area contributed by atoms with E-state index in [2.05, 4.69) is 21.2 Å². The van der Waals surface area contributed by atoms with Crippen LogP contribution in [0.3, 0.4) is 0 Å². The molecule has 0 unspecified atom stereocenters. The first-order valence-electron chi connectivity index (χ1n) is 12.1. The molecule has 0 radical (unpaired) electrons. The molecule has 0 aliphatic rings. The van der Waals surface area contributed by atoms with Crippen molar-refractivity contribution in [3.63, 3.8) is 0 Å². The lowest BCUT2D eigenvalue weighted by Crippen LogP contribution is -2.52. The van der Waals surface area contributed by atoms with Gasteiger partial charge in [-0.2, -0.15) is 0 Å². The third kappa shape index (κ3) is 8.99. The summed E-state index contributed by atoms with van der Waals surface area (Å²) in [6.07, 6.45) is 1.59. The predicted octanol–water partition coefficient (Wildman–Crippen LogP) is 7.14. The molecule has 2 atom stereocenters. The number of thioether (sulfide) groups is 1. The summed E-state index contributed by atoms with van der Waals surface area (Å²) in [6.45, 7) is 4.38. The van der Waals surface area contributed by atoms with Crippen LogP contribution in [-0.2, 0) is 22.6 Å².